The van der Waals surface area contributed by atoms with Crippen LogP contribution in [-0.4, -0.2) is 27.3 Å². The van der Waals surface area contributed by atoms with E-state index in [9.17, 15) is 24.9 Å². The molecule has 4 rings (SSSR count). The Bertz CT molecular complexity index is 1310. The number of carboxylic acids is 1. The Morgan fingerprint density at radius 2 is 1.39 bits per heavy atom. The molecule has 0 radical (unpaired) electrons. The van der Waals surface area contributed by atoms with Gasteiger partial charge in [-0.2, -0.15) is 0 Å². The van der Waals surface area contributed by atoms with Gasteiger partial charge in [0, 0.05) is 16.7 Å². The first kappa shape index (κ1) is 23.3. The molecule has 0 amide bonds. The van der Waals surface area contributed by atoms with E-state index in [-0.39, 0.29) is 28.2 Å². The van der Waals surface area contributed by atoms with E-state index in [4.69, 9.17) is 4.74 Å². The van der Waals surface area contributed by atoms with Crippen LogP contribution in [0.25, 0.3) is 0 Å². The minimum absolute atomic E-state index is 0.0438. The molecule has 1 aliphatic rings. The SMILES string of the molecule is Cc1cc(C2(c3cc(C)c(O)c(Br)c3C)OC(=O)c3cccc(C(=O)O)c32)c(C)c(Br)c1O. The quantitative estimate of drug-likeness (QED) is 0.330. The number of rotatable bonds is 3. The lowest BCUT2D eigenvalue weighted by Crippen LogP contribution is -2.33. The highest BCUT2D eigenvalue weighted by atomic mass is 79.9. The van der Waals surface area contributed by atoms with Crippen LogP contribution in [-0.2, 0) is 10.3 Å². The molecule has 0 fully saturated rings. The van der Waals surface area contributed by atoms with E-state index in [0.717, 1.165) is 0 Å². The number of aryl methyl sites for hydroxylation is 2. The van der Waals surface area contributed by atoms with Crippen LogP contribution in [0.3, 0.4) is 0 Å². The van der Waals surface area contributed by atoms with Gasteiger partial charge in [0.2, 0.25) is 0 Å². The number of aromatic carboxylic acids is 1. The molecule has 33 heavy (non-hydrogen) atoms. The van der Waals surface area contributed by atoms with Crippen molar-refractivity contribution >= 4 is 43.8 Å². The number of cyclic esters (lactones) is 1. The maximum Gasteiger partial charge on any atom is 0.340 e. The molecular formula is C25H20Br2O6. The van der Waals surface area contributed by atoms with Gasteiger partial charge in [-0.15, -0.1) is 0 Å². The number of hydrogen-bond donors (Lipinski definition) is 3. The van der Waals surface area contributed by atoms with E-state index in [1.807, 2.05) is 0 Å². The van der Waals surface area contributed by atoms with E-state index in [1.54, 1.807) is 45.9 Å². The molecule has 0 unspecified atom stereocenters. The molecule has 0 aliphatic carbocycles. The van der Waals surface area contributed by atoms with E-state index in [1.165, 1.54) is 12.1 Å². The Balaban J connectivity index is 2.29. The number of fused-ring (bicyclic) bond motifs is 1. The van der Waals surface area contributed by atoms with Gasteiger partial charge in [-0.05, 0) is 106 Å². The largest absolute Gasteiger partial charge is 0.506 e. The third-order valence-corrected chi connectivity index (χ3v) is 8.16. The van der Waals surface area contributed by atoms with Crippen molar-refractivity contribution in [2.75, 3.05) is 0 Å². The molecule has 3 aromatic rings. The van der Waals surface area contributed by atoms with E-state index in [2.05, 4.69) is 31.9 Å². The third-order valence-electron chi connectivity index (χ3n) is 6.22. The van der Waals surface area contributed by atoms with Crippen molar-refractivity contribution in [1.29, 1.82) is 0 Å². The minimum Gasteiger partial charge on any atom is -0.506 e. The van der Waals surface area contributed by atoms with Gasteiger partial charge in [0.05, 0.1) is 20.1 Å². The van der Waals surface area contributed by atoms with Gasteiger partial charge in [-0.25, -0.2) is 9.59 Å². The number of halogens is 2. The van der Waals surface area contributed by atoms with Gasteiger partial charge in [-0.1, -0.05) is 6.07 Å². The second-order valence-electron chi connectivity index (χ2n) is 8.16. The molecular weight excluding hydrogens is 556 g/mol. The number of carbonyl (C=O) groups is 2. The summed E-state index contributed by atoms with van der Waals surface area (Å²) in [6.07, 6.45) is 0. The van der Waals surface area contributed by atoms with Gasteiger partial charge in [0.25, 0.3) is 0 Å². The van der Waals surface area contributed by atoms with Crippen LogP contribution >= 0.6 is 31.9 Å². The molecule has 3 aromatic carbocycles. The van der Waals surface area contributed by atoms with Crippen LogP contribution in [0.2, 0.25) is 0 Å². The summed E-state index contributed by atoms with van der Waals surface area (Å²) >= 11 is 6.86. The predicted molar refractivity (Wildman–Crippen MR) is 129 cm³/mol. The monoisotopic (exact) mass is 574 g/mol. The fraction of sp³-hybridized carbons (Fsp3) is 0.200. The van der Waals surface area contributed by atoms with Crippen LogP contribution in [0.5, 0.6) is 11.5 Å². The van der Waals surface area contributed by atoms with Crippen LogP contribution in [0.4, 0.5) is 0 Å². The Hall–Kier alpha value is -2.84. The normalized spacial score (nSPS) is 14.2. The number of phenolic OH excluding ortho intramolecular Hbond substituents is 2. The molecule has 6 nitrogen and oxygen atoms in total. The number of hydrogen-bond acceptors (Lipinski definition) is 5. The maximum absolute atomic E-state index is 13.2. The summed E-state index contributed by atoms with van der Waals surface area (Å²) < 4.78 is 6.97. The topological polar surface area (TPSA) is 104 Å². The first-order chi connectivity index (χ1) is 15.4. The van der Waals surface area contributed by atoms with Gasteiger partial charge < -0.3 is 20.1 Å². The number of benzene rings is 3. The second-order valence-corrected chi connectivity index (χ2v) is 9.75. The van der Waals surface area contributed by atoms with Crippen molar-refractivity contribution in [3.63, 3.8) is 0 Å². The highest BCUT2D eigenvalue weighted by Crippen LogP contribution is 2.54. The van der Waals surface area contributed by atoms with Crippen molar-refractivity contribution in [2.45, 2.75) is 33.3 Å². The molecule has 0 aromatic heterocycles. The first-order valence-electron chi connectivity index (χ1n) is 10.0. The summed E-state index contributed by atoms with van der Waals surface area (Å²) in [6.45, 7) is 6.94. The summed E-state index contributed by atoms with van der Waals surface area (Å²) in [6, 6.07) is 7.89. The van der Waals surface area contributed by atoms with E-state index in [0.29, 0.717) is 42.3 Å². The summed E-state index contributed by atoms with van der Waals surface area (Å²) in [5, 5.41) is 31.0. The van der Waals surface area contributed by atoms with Crippen molar-refractivity contribution in [1.82, 2.24) is 0 Å². The molecule has 0 atom stereocenters. The highest BCUT2D eigenvalue weighted by Gasteiger charge is 2.53. The molecule has 0 spiro atoms. The summed E-state index contributed by atoms with van der Waals surface area (Å²) in [5.74, 6) is -1.77. The first-order valence-corrected chi connectivity index (χ1v) is 11.6. The molecule has 1 aliphatic heterocycles. The van der Waals surface area contributed by atoms with Gasteiger partial charge in [0.1, 0.15) is 11.5 Å². The van der Waals surface area contributed by atoms with Crippen molar-refractivity contribution in [2.24, 2.45) is 0 Å². The summed E-state index contributed by atoms with van der Waals surface area (Å²) in [4.78, 5) is 25.5. The predicted octanol–water partition coefficient (Wildman–Crippen LogP) is 6.02. The zero-order valence-electron chi connectivity index (χ0n) is 18.2. The van der Waals surface area contributed by atoms with Crippen LogP contribution in [0.15, 0.2) is 39.3 Å². The summed E-state index contributed by atoms with van der Waals surface area (Å²) in [7, 11) is 0. The van der Waals surface area contributed by atoms with Crippen LogP contribution < -0.4 is 0 Å². The molecule has 1 heterocycles. The zero-order chi connectivity index (χ0) is 24.4. The average molecular weight is 576 g/mol. The number of esters is 1. The van der Waals surface area contributed by atoms with Crippen LogP contribution in [0.1, 0.15) is 59.7 Å². The lowest BCUT2D eigenvalue weighted by Gasteiger charge is -2.35. The van der Waals surface area contributed by atoms with Crippen molar-refractivity contribution in [3.05, 3.63) is 89.3 Å². The second kappa shape index (κ2) is 7.88. The van der Waals surface area contributed by atoms with Crippen LogP contribution in [0, 0.1) is 27.7 Å². The lowest BCUT2D eigenvalue weighted by atomic mass is 9.74. The molecule has 170 valence electrons. The number of aromatic hydroxyl groups is 2. The smallest absolute Gasteiger partial charge is 0.340 e. The van der Waals surface area contributed by atoms with Crippen molar-refractivity contribution in [3.8, 4) is 11.5 Å². The minimum atomic E-state index is -1.63. The molecule has 3 N–H and O–H groups in total. The molecule has 0 saturated heterocycles. The Morgan fingerprint density at radius 3 is 1.85 bits per heavy atom. The lowest BCUT2D eigenvalue weighted by molar-refractivity contribution is 0.0242. The van der Waals surface area contributed by atoms with E-state index >= 15 is 0 Å². The fourth-order valence-corrected chi connectivity index (χ4v) is 5.56. The summed E-state index contributed by atoms with van der Waals surface area (Å²) in [5.41, 5.74) is 1.88. The number of carbonyl (C=O) groups excluding carboxylic acids is 1. The Kier molecular flexibility index (Phi) is 5.57. The molecule has 8 heteroatoms. The highest BCUT2D eigenvalue weighted by molar-refractivity contribution is 9.11. The van der Waals surface area contributed by atoms with Gasteiger partial charge in [-0.3, -0.25) is 0 Å². The molecule has 0 saturated carbocycles. The standard InChI is InChI=1S/C25H20Br2O6/c1-10-8-16(12(3)19(26)21(10)28)25(17-9-11(2)22(29)20(27)13(17)4)18-14(23(30)31)6-5-7-15(18)24(32)33-25/h5-9,28-29H,1-4H3,(H,30,31). The van der Waals surface area contributed by atoms with E-state index < -0.39 is 17.5 Å². The van der Waals surface area contributed by atoms with Crippen molar-refractivity contribution < 1.29 is 29.6 Å². The Labute approximate surface area is 207 Å². The number of ether oxygens (including phenoxy) is 1. The average Bonchev–Trinajstić information content (AvgIpc) is 3.08. The number of carboxylic acid groups (broad SMARTS) is 1. The molecule has 0 bridgehead atoms. The van der Waals surface area contributed by atoms with Gasteiger partial charge >= 0.3 is 11.9 Å². The maximum atomic E-state index is 13.2. The van der Waals surface area contributed by atoms with Gasteiger partial charge in [0.15, 0.2) is 5.60 Å². The zero-order valence-corrected chi connectivity index (χ0v) is 21.4. The number of phenols is 2. The third kappa shape index (κ3) is 3.19. The fourth-order valence-electron chi connectivity index (χ4n) is 4.50. The Morgan fingerprint density at radius 1 is 0.909 bits per heavy atom.